The molecule has 3 N–H and O–H groups in total. The zero-order chi connectivity index (χ0) is 12.1. The van der Waals surface area contributed by atoms with E-state index in [1.165, 1.54) is 11.9 Å². The molecule has 0 amide bonds. The molecule has 0 radical (unpaired) electrons. The standard InChI is InChI=1S/C12H15N5/c1-2-9-4-3-5-14-10(9)7-15-12-6-11(13)16-8-17-12/h3-6,8H,2,7H2,1H3,(H3,13,15,16,17). The highest BCUT2D eigenvalue weighted by Crippen LogP contribution is 2.10. The van der Waals surface area contributed by atoms with Gasteiger partial charge in [0.05, 0.1) is 12.2 Å². The van der Waals surface area contributed by atoms with Gasteiger partial charge in [-0.2, -0.15) is 0 Å². The molecule has 0 bridgehead atoms. The van der Waals surface area contributed by atoms with Crippen molar-refractivity contribution < 1.29 is 0 Å². The molecule has 0 aromatic carbocycles. The minimum absolute atomic E-state index is 0.458. The number of nitrogen functional groups attached to an aromatic ring is 1. The van der Waals surface area contributed by atoms with E-state index in [0.29, 0.717) is 18.2 Å². The van der Waals surface area contributed by atoms with E-state index >= 15 is 0 Å². The van der Waals surface area contributed by atoms with Gasteiger partial charge in [-0.05, 0) is 18.1 Å². The molecule has 0 fully saturated rings. The third-order valence-electron chi connectivity index (χ3n) is 2.49. The number of nitrogens with two attached hydrogens (primary N) is 1. The molecule has 0 aliphatic rings. The summed E-state index contributed by atoms with van der Waals surface area (Å²) in [7, 11) is 0. The van der Waals surface area contributed by atoms with Crippen LogP contribution in [0.15, 0.2) is 30.7 Å². The van der Waals surface area contributed by atoms with Gasteiger partial charge in [-0.3, -0.25) is 4.98 Å². The smallest absolute Gasteiger partial charge is 0.131 e. The molecule has 5 nitrogen and oxygen atoms in total. The summed E-state index contributed by atoms with van der Waals surface area (Å²) < 4.78 is 0. The second-order valence-electron chi connectivity index (χ2n) is 3.64. The average molecular weight is 229 g/mol. The van der Waals surface area contributed by atoms with Gasteiger partial charge in [0.2, 0.25) is 0 Å². The number of nitrogens with one attached hydrogen (secondary N) is 1. The molecule has 2 heterocycles. The van der Waals surface area contributed by atoms with Crippen molar-refractivity contribution in [3.05, 3.63) is 42.0 Å². The Morgan fingerprint density at radius 1 is 1.29 bits per heavy atom. The minimum atomic E-state index is 0.458. The Hall–Kier alpha value is -2.17. The second kappa shape index (κ2) is 5.25. The molecule has 2 aromatic rings. The number of nitrogens with zero attached hydrogens (tertiary/aromatic N) is 3. The molecule has 0 saturated heterocycles. The zero-order valence-corrected chi connectivity index (χ0v) is 9.72. The largest absolute Gasteiger partial charge is 0.384 e. The summed E-state index contributed by atoms with van der Waals surface area (Å²) in [6.07, 6.45) is 4.21. The third kappa shape index (κ3) is 2.90. The van der Waals surface area contributed by atoms with Crippen LogP contribution in [0.3, 0.4) is 0 Å². The van der Waals surface area contributed by atoms with Crippen molar-refractivity contribution in [3.8, 4) is 0 Å². The number of rotatable bonds is 4. The fraction of sp³-hybridized carbons (Fsp3) is 0.250. The van der Waals surface area contributed by atoms with Crippen LogP contribution in [0.4, 0.5) is 11.6 Å². The maximum Gasteiger partial charge on any atom is 0.131 e. The Balaban J connectivity index is 2.07. The van der Waals surface area contributed by atoms with Gasteiger partial charge < -0.3 is 11.1 Å². The highest BCUT2D eigenvalue weighted by atomic mass is 15.0. The van der Waals surface area contributed by atoms with E-state index < -0.39 is 0 Å². The van der Waals surface area contributed by atoms with Crippen LogP contribution < -0.4 is 11.1 Å². The molecule has 2 rings (SSSR count). The van der Waals surface area contributed by atoms with E-state index in [1.807, 2.05) is 6.07 Å². The predicted molar refractivity (Wildman–Crippen MR) is 67.4 cm³/mol. The van der Waals surface area contributed by atoms with E-state index in [-0.39, 0.29) is 0 Å². The molecule has 0 unspecified atom stereocenters. The van der Waals surface area contributed by atoms with E-state index in [4.69, 9.17) is 5.73 Å². The Kier molecular flexibility index (Phi) is 3.49. The van der Waals surface area contributed by atoms with Crippen molar-refractivity contribution in [1.29, 1.82) is 0 Å². The average Bonchev–Trinajstić information content (AvgIpc) is 2.37. The first-order valence-electron chi connectivity index (χ1n) is 5.53. The van der Waals surface area contributed by atoms with Crippen molar-refractivity contribution in [3.63, 3.8) is 0 Å². The Labute approximate surface area is 100 Å². The van der Waals surface area contributed by atoms with Gasteiger partial charge in [-0.25, -0.2) is 9.97 Å². The number of aromatic nitrogens is 3. The molecule has 0 aliphatic heterocycles. The number of hydrogen-bond donors (Lipinski definition) is 2. The van der Waals surface area contributed by atoms with Crippen molar-refractivity contribution in [2.75, 3.05) is 11.1 Å². The van der Waals surface area contributed by atoms with Gasteiger partial charge in [0, 0.05) is 12.3 Å². The monoisotopic (exact) mass is 229 g/mol. The zero-order valence-electron chi connectivity index (χ0n) is 9.72. The lowest BCUT2D eigenvalue weighted by Crippen LogP contribution is -2.06. The van der Waals surface area contributed by atoms with Gasteiger partial charge in [0.1, 0.15) is 18.0 Å². The maximum absolute atomic E-state index is 5.58. The van der Waals surface area contributed by atoms with Gasteiger partial charge >= 0.3 is 0 Å². The number of pyridine rings is 1. The van der Waals surface area contributed by atoms with E-state index in [9.17, 15) is 0 Å². The summed E-state index contributed by atoms with van der Waals surface area (Å²) >= 11 is 0. The molecule has 0 saturated carbocycles. The van der Waals surface area contributed by atoms with Gasteiger partial charge in [-0.15, -0.1) is 0 Å². The Morgan fingerprint density at radius 2 is 2.18 bits per heavy atom. The SMILES string of the molecule is CCc1cccnc1CNc1cc(N)ncn1. The molecular formula is C12H15N5. The first kappa shape index (κ1) is 11.3. The summed E-state index contributed by atoms with van der Waals surface area (Å²) in [5.41, 5.74) is 7.85. The van der Waals surface area contributed by atoms with Crippen LogP contribution in [0.2, 0.25) is 0 Å². The van der Waals surface area contributed by atoms with Crippen molar-refractivity contribution in [2.24, 2.45) is 0 Å². The molecule has 88 valence electrons. The van der Waals surface area contributed by atoms with Crippen LogP contribution in [0.1, 0.15) is 18.2 Å². The third-order valence-corrected chi connectivity index (χ3v) is 2.49. The maximum atomic E-state index is 5.58. The lowest BCUT2D eigenvalue weighted by molar-refractivity contribution is 0.962. The van der Waals surface area contributed by atoms with Crippen LogP contribution in [0.5, 0.6) is 0 Å². The highest BCUT2D eigenvalue weighted by molar-refractivity contribution is 5.43. The van der Waals surface area contributed by atoms with Crippen LogP contribution >= 0.6 is 0 Å². The molecule has 5 heteroatoms. The lowest BCUT2D eigenvalue weighted by Gasteiger charge is -2.08. The van der Waals surface area contributed by atoms with Crippen molar-refractivity contribution in [2.45, 2.75) is 19.9 Å². The molecule has 0 atom stereocenters. The Morgan fingerprint density at radius 3 is 2.94 bits per heavy atom. The predicted octanol–water partition coefficient (Wildman–Crippen LogP) is 1.63. The lowest BCUT2D eigenvalue weighted by atomic mass is 10.1. The minimum Gasteiger partial charge on any atom is -0.384 e. The fourth-order valence-electron chi connectivity index (χ4n) is 1.60. The fourth-order valence-corrected chi connectivity index (χ4v) is 1.60. The van der Waals surface area contributed by atoms with E-state index in [1.54, 1.807) is 12.3 Å². The quantitative estimate of drug-likeness (QED) is 0.833. The van der Waals surface area contributed by atoms with E-state index in [0.717, 1.165) is 12.1 Å². The molecule has 17 heavy (non-hydrogen) atoms. The molecular weight excluding hydrogens is 214 g/mol. The highest BCUT2D eigenvalue weighted by Gasteiger charge is 2.02. The summed E-state index contributed by atoms with van der Waals surface area (Å²) in [6.45, 7) is 2.75. The first-order valence-corrected chi connectivity index (χ1v) is 5.53. The normalized spacial score (nSPS) is 10.2. The van der Waals surface area contributed by atoms with Gasteiger partial charge in [-0.1, -0.05) is 13.0 Å². The summed E-state index contributed by atoms with van der Waals surface area (Å²) in [6, 6.07) is 5.73. The van der Waals surface area contributed by atoms with Gasteiger partial charge in [0.25, 0.3) is 0 Å². The molecule has 0 aliphatic carbocycles. The van der Waals surface area contributed by atoms with Gasteiger partial charge in [0.15, 0.2) is 0 Å². The van der Waals surface area contributed by atoms with Crippen LogP contribution in [0, 0.1) is 0 Å². The van der Waals surface area contributed by atoms with Crippen molar-refractivity contribution >= 4 is 11.6 Å². The number of aryl methyl sites for hydroxylation is 1. The Bertz CT molecular complexity index is 498. The summed E-state index contributed by atoms with van der Waals surface area (Å²) in [5, 5.41) is 3.18. The molecule has 2 aromatic heterocycles. The topological polar surface area (TPSA) is 76.7 Å². The first-order chi connectivity index (χ1) is 8.29. The molecule has 0 spiro atoms. The van der Waals surface area contributed by atoms with Crippen LogP contribution in [-0.2, 0) is 13.0 Å². The number of hydrogen-bond acceptors (Lipinski definition) is 5. The summed E-state index contributed by atoms with van der Waals surface area (Å²) in [4.78, 5) is 12.3. The van der Waals surface area contributed by atoms with Crippen LogP contribution in [-0.4, -0.2) is 15.0 Å². The second-order valence-corrected chi connectivity index (χ2v) is 3.64. The number of anilines is 2. The van der Waals surface area contributed by atoms with Crippen molar-refractivity contribution in [1.82, 2.24) is 15.0 Å². The van der Waals surface area contributed by atoms with Crippen LogP contribution in [0.25, 0.3) is 0 Å². The summed E-state index contributed by atoms with van der Waals surface area (Å²) in [5.74, 6) is 1.17. The van der Waals surface area contributed by atoms with E-state index in [2.05, 4.69) is 33.3 Å².